The van der Waals surface area contributed by atoms with Crippen LogP contribution >= 0.6 is 34.5 Å². The van der Waals surface area contributed by atoms with Crippen LogP contribution in [0.15, 0.2) is 23.0 Å². The maximum atomic E-state index is 12.8. The lowest BCUT2D eigenvalue weighted by atomic mass is 9.72. The fourth-order valence-electron chi connectivity index (χ4n) is 3.73. The molecule has 6 heteroatoms. The quantitative estimate of drug-likeness (QED) is 0.529. The molecule has 1 atom stereocenters. The van der Waals surface area contributed by atoms with Crippen molar-refractivity contribution in [3.8, 4) is 11.4 Å². The van der Waals surface area contributed by atoms with Gasteiger partial charge in [-0.2, -0.15) is 0 Å². The van der Waals surface area contributed by atoms with Crippen molar-refractivity contribution in [2.75, 3.05) is 0 Å². The number of hydrogen-bond acceptors (Lipinski definition) is 3. The Kier molecular flexibility index (Phi) is 4.41. The summed E-state index contributed by atoms with van der Waals surface area (Å²) in [6.07, 6.45) is 3.09. The molecule has 0 saturated heterocycles. The molecule has 2 aromatic heterocycles. The molecule has 26 heavy (non-hydrogen) atoms. The number of aromatic nitrogens is 2. The van der Waals surface area contributed by atoms with E-state index in [1.54, 1.807) is 29.5 Å². The first-order valence-corrected chi connectivity index (χ1v) is 10.3. The number of rotatable bonds is 1. The summed E-state index contributed by atoms with van der Waals surface area (Å²) in [5.74, 6) is 1.13. The molecule has 0 radical (unpaired) electrons. The van der Waals surface area contributed by atoms with Gasteiger partial charge in [0.2, 0.25) is 0 Å². The summed E-state index contributed by atoms with van der Waals surface area (Å²) in [6.45, 7) is 6.88. The fraction of sp³-hybridized carbons (Fsp3) is 0.400. The summed E-state index contributed by atoms with van der Waals surface area (Å²) in [7, 11) is 0. The van der Waals surface area contributed by atoms with Crippen molar-refractivity contribution in [1.29, 1.82) is 0 Å². The average Bonchev–Trinajstić information content (AvgIpc) is 2.91. The van der Waals surface area contributed by atoms with Crippen LogP contribution in [0, 0.1) is 11.3 Å². The molecular weight excluding hydrogens is 387 g/mol. The molecule has 4 rings (SSSR count). The van der Waals surface area contributed by atoms with Crippen molar-refractivity contribution in [3.63, 3.8) is 0 Å². The summed E-state index contributed by atoms with van der Waals surface area (Å²) in [6, 6.07) is 5.20. The molecule has 2 heterocycles. The van der Waals surface area contributed by atoms with Crippen LogP contribution < -0.4 is 5.56 Å². The Morgan fingerprint density at radius 1 is 1.27 bits per heavy atom. The van der Waals surface area contributed by atoms with Crippen LogP contribution in [0.3, 0.4) is 0 Å². The third kappa shape index (κ3) is 3.08. The normalized spacial score (nSPS) is 17.5. The minimum atomic E-state index is -0.0808. The van der Waals surface area contributed by atoms with Crippen molar-refractivity contribution in [2.45, 2.75) is 40.0 Å². The maximum Gasteiger partial charge on any atom is 0.260 e. The van der Waals surface area contributed by atoms with Crippen LogP contribution in [0.1, 0.15) is 37.6 Å². The minimum Gasteiger partial charge on any atom is -0.306 e. The second-order valence-electron chi connectivity index (χ2n) is 8.03. The zero-order valence-corrected chi connectivity index (χ0v) is 17.3. The fourth-order valence-corrected chi connectivity index (χ4v) is 5.53. The van der Waals surface area contributed by atoms with E-state index in [2.05, 4.69) is 25.8 Å². The number of thiophene rings is 1. The van der Waals surface area contributed by atoms with E-state index in [-0.39, 0.29) is 11.0 Å². The topological polar surface area (TPSA) is 45.8 Å². The molecule has 0 aliphatic heterocycles. The van der Waals surface area contributed by atoms with Gasteiger partial charge in [-0.15, -0.1) is 11.3 Å². The Morgan fingerprint density at radius 2 is 2.04 bits per heavy atom. The SMILES string of the molecule is CC(C)(C)C1CCc2c(sc3nc(-c4ccc(Cl)cc4Cl)[nH]c(=O)c23)C1. The van der Waals surface area contributed by atoms with Crippen molar-refractivity contribution < 1.29 is 0 Å². The van der Waals surface area contributed by atoms with E-state index in [4.69, 9.17) is 28.2 Å². The molecule has 0 amide bonds. The molecule has 1 aliphatic rings. The van der Waals surface area contributed by atoms with Crippen LogP contribution in [0.2, 0.25) is 10.0 Å². The summed E-state index contributed by atoms with van der Waals surface area (Å²) >= 11 is 13.9. The highest BCUT2D eigenvalue weighted by atomic mass is 35.5. The van der Waals surface area contributed by atoms with Crippen LogP contribution in [-0.4, -0.2) is 9.97 Å². The lowest BCUT2D eigenvalue weighted by Gasteiger charge is -2.33. The number of nitrogens with zero attached hydrogens (tertiary/aromatic N) is 1. The van der Waals surface area contributed by atoms with Gasteiger partial charge in [-0.1, -0.05) is 44.0 Å². The molecule has 3 aromatic rings. The first-order valence-electron chi connectivity index (χ1n) is 8.74. The molecule has 136 valence electrons. The molecule has 0 saturated carbocycles. The predicted octanol–water partition coefficient (Wildman–Crippen LogP) is 6.11. The highest BCUT2D eigenvalue weighted by Gasteiger charge is 2.31. The molecule has 0 fully saturated rings. The van der Waals surface area contributed by atoms with Crippen molar-refractivity contribution in [3.05, 3.63) is 49.0 Å². The number of halogens is 2. The van der Waals surface area contributed by atoms with E-state index in [1.165, 1.54) is 10.4 Å². The summed E-state index contributed by atoms with van der Waals surface area (Å²) in [5.41, 5.74) is 2.07. The second-order valence-corrected chi connectivity index (χ2v) is 9.96. The smallest absolute Gasteiger partial charge is 0.260 e. The largest absolute Gasteiger partial charge is 0.306 e. The molecule has 1 unspecified atom stereocenters. The minimum absolute atomic E-state index is 0.0808. The van der Waals surface area contributed by atoms with Crippen molar-refractivity contribution in [1.82, 2.24) is 9.97 Å². The van der Waals surface area contributed by atoms with Crippen molar-refractivity contribution >= 4 is 44.8 Å². The number of aromatic amines is 1. The van der Waals surface area contributed by atoms with Crippen LogP contribution in [0.5, 0.6) is 0 Å². The van der Waals surface area contributed by atoms with E-state index in [1.807, 2.05) is 0 Å². The Morgan fingerprint density at radius 3 is 2.73 bits per heavy atom. The molecule has 1 aromatic carbocycles. The van der Waals surface area contributed by atoms with Gasteiger partial charge in [-0.25, -0.2) is 4.98 Å². The van der Waals surface area contributed by atoms with E-state index in [9.17, 15) is 4.79 Å². The van der Waals surface area contributed by atoms with Gasteiger partial charge in [-0.05, 0) is 54.4 Å². The molecular formula is C20H20Cl2N2OS. The highest BCUT2D eigenvalue weighted by Crippen LogP contribution is 2.42. The number of nitrogens with one attached hydrogen (secondary N) is 1. The van der Waals surface area contributed by atoms with Gasteiger partial charge in [0, 0.05) is 15.5 Å². The zero-order chi connectivity index (χ0) is 18.6. The first-order chi connectivity index (χ1) is 12.2. The molecule has 0 bridgehead atoms. The van der Waals surface area contributed by atoms with E-state index < -0.39 is 0 Å². The number of aryl methyl sites for hydroxylation is 1. The first kappa shape index (κ1) is 18.0. The predicted molar refractivity (Wildman–Crippen MR) is 111 cm³/mol. The maximum absolute atomic E-state index is 12.8. The van der Waals surface area contributed by atoms with E-state index in [0.717, 1.165) is 29.5 Å². The summed E-state index contributed by atoms with van der Waals surface area (Å²) < 4.78 is 0. The van der Waals surface area contributed by atoms with Crippen LogP contribution in [-0.2, 0) is 12.8 Å². The number of hydrogen-bond donors (Lipinski definition) is 1. The Balaban J connectivity index is 1.84. The Hall–Kier alpha value is -1.36. The van der Waals surface area contributed by atoms with Crippen LogP contribution in [0.25, 0.3) is 21.6 Å². The van der Waals surface area contributed by atoms with Gasteiger partial charge < -0.3 is 4.98 Å². The Labute approximate surface area is 166 Å². The molecule has 0 spiro atoms. The number of fused-ring (bicyclic) bond motifs is 3. The van der Waals surface area contributed by atoms with Crippen LogP contribution in [0.4, 0.5) is 0 Å². The molecule has 3 nitrogen and oxygen atoms in total. The number of benzene rings is 1. The third-order valence-electron chi connectivity index (χ3n) is 5.33. The van der Waals surface area contributed by atoms with Gasteiger partial charge >= 0.3 is 0 Å². The highest BCUT2D eigenvalue weighted by molar-refractivity contribution is 7.18. The standard InChI is InChI=1S/C20H20Cl2N2OS/c1-20(2,3)10-4-6-13-15(8-10)26-19-16(13)18(25)23-17(24-19)12-7-5-11(21)9-14(12)22/h5,7,9-10H,4,6,8H2,1-3H3,(H,23,24,25). The zero-order valence-electron chi connectivity index (χ0n) is 15.0. The van der Waals surface area contributed by atoms with Gasteiger partial charge in [0.25, 0.3) is 5.56 Å². The number of H-pyrrole nitrogens is 1. The average molecular weight is 407 g/mol. The van der Waals surface area contributed by atoms with E-state index >= 15 is 0 Å². The molecule has 1 aliphatic carbocycles. The second kappa shape index (κ2) is 6.36. The third-order valence-corrected chi connectivity index (χ3v) is 7.03. The Bertz CT molecular complexity index is 1060. The summed E-state index contributed by atoms with van der Waals surface area (Å²) in [5, 5.41) is 1.79. The molecule has 1 N–H and O–H groups in total. The van der Waals surface area contributed by atoms with Gasteiger partial charge in [0.15, 0.2) is 0 Å². The van der Waals surface area contributed by atoms with E-state index in [0.29, 0.717) is 27.4 Å². The van der Waals surface area contributed by atoms with Gasteiger partial charge in [-0.3, -0.25) is 4.79 Å². The monoisotopic (exact) mass is 406 g/mol. The van der Waals surface area contributed by atoms with Crippen molar-refractivity contribution in [2.24, 2.45) is 11.3 Å². The van der Waals surface area contributed by atoms with Gasteiger partial charge in [0.1, 0.15) is 10.7 Å². The summed E-state index contributed by atoms with van der Waals surface area (Å²) in [4.78, 5) is 22.6. The lowest BCUT2D eigenvalue weighted by molar-refractivity contribution is 0.218. The lowest BCUT2D eigenvalue weighted by Crippen LogP contribution is -2.26. The van der Waals surface area contributed by atoms with Gasteiger partial charge in [0.05, 0.1) is 10.4 Å².